The minimum absolute atomic E-state index is 0.0844. The SMILES string of the molecule is CS(=O)(=O)N1CCCCC1c1cc(C(F)(F)F)n2ccnc2n1. The summed E-state index contributed by atoms with van der Waals surface area (Å²) in [4.78, 5) is 7.96. The van der Waals surface area contributed by atoms with Crippen molar-refractivity contribution < 1.29 is 21.6 Å². The highest BCUT2D eigenvalue weighted by Crippen LogP contribution is 2.35. The highest BCUT2D eigenvalue weighted by Gasteiger charge is 2.37. The summed E-state index contributed by atoms with van der Waals surface area (Å²) < 4.78 is 65.7. The average molecular weight is 348 g/mol. The molecule has 0 amide bonds. The van der Waals surface area contributed by atoms with Crippen molar-refractivity contribution in [2.24, 2.45) is 0 Å². The molecular weight excluding hydrogens is 333 g/mol. The van der Waals surface area contributed by atoms with Crippen LogP contribution < -0.4 is 0 Å². The predicted octanol–water partition coefficient (Wildman–Crippen LogP) is 2.23. The zero-order chi connectivity index (χ0) is 16.8. The number of aromatic nitrogens is 3. The fourth-order valence-corrected chi connectivity index (χ4v) is 4.05. The van der Waals surface area contributed by atoms with Crippen LogP contribution in [0.3, 0.4) is 0 Å². The zero-order valence-corrected chi connectivity index (χ0v) is 13.1. The van der Waals surface area contributed by atoms with E-state index in [0.717, 1.165) is 23.1 Å². The lowest BCUT2D eigenvalue weighted by molar-refractivity contribution is -0.142. The molecule has 23 heavy (non-hydrogen) atoms. The van der Waals surface area contributed by atoms with E-state index in [1.54, 1.807) is 0 Å². The molecule has 3 heterocycles. The molecule has 0 aromatic carbocycles. The fraction of sp³-hybridized carbons (Fsp3) is 0.538. The molecule has 1 aliphatic rings. The van der Waals surface area contributed by atoms with E-state index in [2.05, 4.69) is 9.97 Å². The van der Waals surface area contributed by atoms with Crippen LogP contribution in [0.15, 0.2) is 18.5 Å². The third kappa shape index (κ3) is 3.05. The number of rotatable bonds is 2. The lowest BCUT2D eigenvalue weighted by atomic mass is 10.0. The topological polar surface area (TPSA) is 67.6 Å². The van der Waals surface area contributed by atoms with E-state index in [-0.39, 0.29) is 18.0 Å². The molecule has 0 radical (unpaired) electrons. The van der Waals surface area contributed by atoms with Crippen molar-refractivity contribution in [2.45, 2.75) is 31.5 Å². The number of fused-ring (bicyclic) bond motifs is 1. The highest BCUT2D eigenvalue weighted by molar-refractivity contribution is 7.88. The van der Waals surface area contributed by atoms with Crippen LogP contribution in [0.5, 0.6) is 0 Å². The first-order valence-electron chi connectivity index (χ1n) is 7.06. The van der Waals surface area contributed by atoms with Gasteiger partial charge in [0.2, 0.25) is 15.8 Å². The van der Waals surface area contributed by atoms with Crippen molar-refractivity contribution in [3.63, 3.8) is 0 Å². The standard InChI is InChI=1S/C13H15F3N4O2S/c1-23(21,22)20-6-3-2-4-10(20)9-8-11(13(14,15)16)19-7-5-17-12(19)18-9/h5,7-8,10H,2-4,6H2,1H3. The molecule has 1 saturated heterocycles. The van der Waals surface area contributed by atoms with Gasteiger partial charge in [0.05, 0.1) is 18.0 Å². The van der Waals surface area contributed by atoms with E-state index in [1.165, 1.54) is 16.7 Å². The molecule has 1 fully saturated rings. The monoisotopic (exact) mass is 348 g/mol. The molecule has 3 rings (SSSR count). The summed E-state index contributed by atoms with van der Waals surface area (Å²) in [5, 5.41) is 0. The van der Waals surface area contributed by atoms with Crippen LogP contribution in [-0.2, 0) is 16.2 Å². The Kier molecular flexibility index (Phi) is 3.83. The molecule has 0 spiro atoms. The van der Waals surface area contributed by atoms with Crippen LogP contribution >= 0.6 is 0 Å². The maximum atomic E-state index is 13.3. The largest absolute Gasteiger partial charge is 0.431 e. The minimum atomic E-state index is -4.58. The van der Waals surface area contributed by atoms with Crippen LogP contribution in [0.1, 0.15) is 36.7 Å². The van der Waals surface area contributed by atoms with Gasteiger partial charge >= 0.3 is 6.18 Å². The molecule has 0 bridgehead atoms. The third-order valence-electron chi connectivity index (χ3n) is 3.91. The number of halogens is 3. The minimum Gasteiger partial charge on any atom is -0.279 e. The Bertz CT molecular complexity index is 831. The summed E-state index contributed by atoms with van der Waals surface area (Å²) in [7, 11) is -3.53. The molecule has 1 aliphatic heterocycles. The molecule has 1 atom stereocenters. The maximum absolute atomic E-state index is 13.3. The van der Waals surface area contributed by atoms with Gasteiger partial charge < -0.3 is 0 Å². The van der Waals surface area contributed by atoms with Gasteiger partial charge in [0.1, 0.15) is 5.69 Å². The van der Waals surface area contributed by atoms with E-state index in [1.807, 2.05) is 0 Å². The highest BCUT2D eigenvalue weighted by atomic mass is 32.2. The molecular formula is C13H15F3N4O2S. The second-order valence-corrected chi connectivity index (χ2v) is 7.48. The summed E-state index contributed by atoms with van der Waals surface area (Å²) >= 11 is 0. The van der Waals surface area contributed by atoms with Crippen molar-refractivity contribution >= 4 is 15.8 Å². The summed E-state index contributed by atoms with van der Waals surface area (Å²) in [5.41, 5.74) is -0.824. The van der Waals surface area contributed by atoms with Crippen LogP contribution in [0.4, 0.5) is 13.2 Å². The van der Waals surface area contributed by atoms with Crippen LogP contribution in [-0.4, -0.2) is 39.9 Å². The van der Waals surface area contributed by atoms with Gasteiger partial charge in [-0.05, 0) is 18.9 Å². The molecule has 10 heteroatoms. The molecule has 6 nitrogen and oxygen atoms in total. The van der Waals surface area contributed by atoms with Gasteiger partial charge in [0.25, 0.3) is 0 Å². The van der Waals surface area contributed by atoms with Crippen LogP contribution in [0, 0.1) is 0 Å². The van der Waals surface area contributed by atoms with Gasteiger partial charge in [-0.25, -0.2) is 18.4 Å². The molecule has 2 aromatic heterocycles. The summed E-state index contributed by atoms with van der Waals surface area (Å²) in [6, 6.07) is 0.226. The number of hydrogen-bond acceptors (Lipinski definition) is 4. The van der Waals surface area contributed by atoms with Crippen LogP contribution in [0.25, 0.3) is 5.78 Å². The van der Waals surface area contributed by atoms with Gasteiger partial charge in [0, 0.05) is 18.9 Å². The predicted molar refractivity (Wildman–Crippen MR) is 76.1 cm³/mol. The number of imidazole rings is 1. The summed E-state index contributed by atoms with van der Waals surface area (Å²) in [6.45, 7) is 0.284. The second kappa shape index (κ2) is 5.45. The molecule has 2 aromatic rings. The Balaban J connectivity index is 2.15. The number of sulfonamides is 1. The number of piperidine rings is 1. The first-order valence-corrected chi connectivity index (χ1v) is 8.91. The van der Waals surface area contributed by atoms with E-state index >= 15 is 0 Å². The van der Waals surface area contributed by atoms with E-state index in [9.17, 15) is 21.6 Å². The van der Waals surface area contributed by atoms with Gasteiger partial charge in [0.15, 0.2) is 0 Å². The van der Waals surface area contributed by atoms with Gasteiger partial charge in [-0.1, -0.05) is 6.42 Å². The number of hydrogen-bond donors (Lipinski definition) is 0. The van der Waals surface area contributed by atoms with Crippen molar-refractivity contribution in [1.29, 1.82) is 0 Å². The molecule has 0 saturated carbocycles. The lowest BCUT2D eigenvalue weighted by Gasteiger charge is -2.33. The first-order chi connectivity index (χ1) is 10.7. The van der Waals surface area contributed by atoms with Gasteiger partial charge in [-0.3, -0.25) is 4.40 Å². The zero-order valence-electron chi connectivity index (χ0n) is 12.3. The van der Waals surface area contributed by atoms with Gasteiger partial charge in [-0.2, -0.15) is 17.5 Å². The van der Waals surface area contributed by atoms with Crippen LogP contribution in [0.2, 0.25) is 0 Å². The first kappa shape index (κ1) is 16.2. The van der Waals surface area contributed by atoms with Crippen molar-refractivity contribution in [3.8, 4) is 0 Å². The molecule has 0 aliphatic carbocycles. The van der Waals surface area contributed by atoms with Crippen molar-refractivity contribution in [3.05, 3.63) is 29.8 Å². The van der Waals surface area contributed by atoms with E-state index in [0.29, 0.717) is 12.8 Å². The Morgan fingerprint density at radius 2 is 2.04 bits per heavy atom. The Labute approximate surface area is 131 Å². The number of alkyl halides is 3. The van der Waals surface area contributed by atoms with Crippen molar-refractivity contribution in [1.82, 2.24) is 18.7 Å². The second-order valence-electron chi connectivity index (χ2n) is 5.55. The summed E-state index contributed by atoms with van der Waals surface area (Å²) in [5.74, 6) is -0.0890. The smallest absolute Gasteiger partial charge is 0.279 e. The maximum Gasteiger partial charge on any atom is 0.431 e. The molecule has 0 N–H and O–H groups in total. The number of nitrogens with zero attached hydrogens (tertiary/aromatic N) is 4. The lowest BCUT2D eigenvalue weighted by Crippen LogP contribution is -2.38. The normalized spacial score (nSPS) is 21.0. The van der Waals surface area contributed by atoms with E-state index in [4.69, 9.17) is 0 Å². The quantitative estimate of drug-likeness (QED) is 0.835. The summed E-state index contributed by atoms with van der Waals surface area (Å²) in [6.07, 6.45) is 0.751. The Hall–Kier alpha value is -1.68. The molecule has 126 valence electrons. The van der Waals surface area contributed by atoms with E-state index < -0.39 is 27.9 Å². The Morgan fingerprint density at radius 1 is 1.30 bits per heavy atom. The van der Waals surface area contributed by atoms with Gasteiger partial charge in [-0.15, -0.1) is 0 Å². The average Bonchev–Trinajstić information content (AvgIpc) is 2.92. The Morgan fingerprint density at radius 3 is 2.70 bits per heavy atom. The fourth-order valence-electron chi connectivity index (χ4n) is 2.91. The molecule has 1 unspecified atom stereocenters. The van der Waals surface area contributed by atoms with Crippen molar-refractivity contribution in [2.75, 3.05) is 12.8 Å². The third-order valence-corrected chi connectivity index (χ3v) is 5.19.